The molecule has 1 aromatic rings. The average Bonchev–Trinajstić information content (AvgIpc) is 2.95. The molecule has 0 radical (unpaired) electrons. The van der Waals surface area contributed by atoms with Crippen LogP contribution in [0.2, 0.25) is 0 Å². The molecule has 1 aromatic carbocycles. The molecule has 1 fully saturated rings. The zero-order valence-electron chi connectivity index (χ0n) is 12.7. The first-order valence-electron chi connectivity index (χ1n) is 7.53. The molecule has 2 atom stereocenters. The molecule has 0 aromatic heterocycles. The van der Waals surface area contributed by atoms with Gasteiger partial charge in [-0.15, -0.1) is 0 Å². The average molecular weight is 368 g/mol. The Morgan fingerprint density at radius 3 is 2.68 bits per heavy atom. The number of nitrogens with one attached hydrogen (secondary N) is 1. The lowest BCUT2D eigenvalue weighted by molar-refractivity contribution is -0.132. The van der Waals surface area contributed by atoms with E-state index in [1.54, 1.807) is 0 Å². The number of carbonyl (C=O) groups is 2. The molecule has 22 heavy (non-hydrogen) atoms. The summed E-state index contributed by atoms with van der Waals surface area (Å²) in [7, 11) is 0. The predicted octanol–water partition coefficient (Wildman–Crippen LogP) is 1.97. The molecule has 6 heteroatoms. The van der Waals surface area contributed by atoms with Gasteiger partial charge in [0.25, 0.3) is 0 Å². The second-order valence-electron chi connectivity index (χ2n) is 5.63. The number of amides is 2. The largest absolute Gasteiger partial charge is 0.349 e. The van der Waals surface area contributed by atoms with Gasteiger partial charge in [-0.05, 0) is 30.5 Å². The van der Waals surface area contributed by atoms with Crippen LogP contribution in [0.4, 0.5) is 0 Å². The van der Waals surface area contributed by atoms with Gasteiger partial charge in [0, 0.05) is 30.5 Å². The van der Waals surface area contributed by atoms with Crippen LogP contribution in [-0.2, 0) is 9.59 Å². The van der Waals surface area contributed by atoms with Crippen molar-refractivity contribution in [2.45, 2.75) is 38.3 Å². The molecular formula is C16H22BrN3O2. The van der Waals surface area contributed by atoms with E-state index in [2.05, 4.69) is 21.2 Å². The molecule has 0 aliphatic carbocycles. The number of hydrogen-bond acceptors (Lipinski definition) is 3. The minimum Gasteiger partial charge on any atom is -0.349 e. The van der Waals surface area contributed by atoms with E-state index in [0.717, 1.165) is 29.4 Å². The first-order chi connectivity index (χ1) is 10.5. The van der Waals surface area contributed by atoms with Crippen LogP contribution in [0.5, 0.6) is 0 Å². The van der Waals surface area contributed by atoms with E-state index in [-0.39, 0.29) is 30.3 Å². The van der Waals surface area contributed by atoms with Crippen LogP contribution >= 0.6 is 15.9 Å². The highest BCUT2D eigenvalue weighted by Crippen LogP contribution is 2.23. The Hall–Kier alpha value is -1.40. The lowest BCUT2D eigenvalue weighted by Crippen LogP contribution is -2.41. The van der Waals surface area contributed by atoms with Crippen LogP contribution in [-0.4, -0.2) is 35.8 Å². The highest BCUT2D eigenvalue weighted by molar-refractivity contribution is 9.10. The van der Waals surface area contributed by atoms with Crippen LogP contribution in [0.3, 0.4) is 0 Å². The maximum Gasteiger partial charge on any atom is 0.225 e. The van der Waals surface area contributed by atoms with Gasteiger partial charge in [-0.2, -0.15) is 0 Å². The Labute approximate surface area is 139 Å². The van der Waals surface area contributed by atoms with Crippen molar-refractivity contribution in [3.63, 3.8) is 0 Å². The van der Waals surface area contributed by atoms with Gasteiger partial charge in [-0.3, -0.25) is 9.59 Å². The molecule has 1 heterocycles. The fraction of sp³-hybridized carbons (Fsp3) is 0.500. The van der Waals surface area contributed by atoms with Crippen LogP contribution in [0.25, 0.3) is 0 Å². The third-order valence-electron chi connectivity index (χ3n) is 4.00. The van der Waals surface area contributed by atoms with Gasteiger partial charge < -0.3 is 16.0 Å². The van der Waals surface area contributed by atoms with Crippen molar-refractivity contribution in [1.82, 2.24) is 10.2 Å². The van der Waals surface area contributed by atoms with Crippen molar-refractivity contribution in [2.75, 3.05) is 13.1 Å². The number of nitrogens with zero attached hydrogens (tertiary/aromatic N) is 1. The smallest absolute Gasteiger partial charge is 0.225 e. The molecule has 2 amide bonds. The van der Waals surface area contributed by atoms with E-state index in [0.29, 0.717) is 6.54 Å². The van der Waals surface area contributed by atoms with Crippen molar-refractivity contribution in [2.24, 2.45) is 5.73 Å². The van der Waals surface area contributed by atoms with Gasteiger partial charge in [0.1, 0.15) is 0 Å². The van der Waals surface area contributed by atoms with Crippen molar-refractivity contribution in [3.8, 4) is 0 Å². The molecule has 0 bridgehead atoms. The molecule has 0 saturated carbocycles. The van der Waals surface area contributed by atoms with Crippen LogP contribution < -0.4 is 11.1 Å². The van der Waals surface area contributed by atoms with Crippen LogP contribution in [0, 0.1) is 0 Å². The molecule has 1 aliphatic heterocycles. The molecule has 0 unspecified atom stereocenters. The van der Waals surface area contributed by atoms with E-state index in [9.17, 15) is 9.59 Å². The van der Waals surface area contributed by atoms with Crippen molar-refractivity contribution < 1.29 is 9.59 Å². The van der Waals surface area contributed by atoms with Gasteiger partial charge >= 0.3 is 0 Å². The minimum atomic E-state index is -0.308. The molecule has 0 spiro atoms. The summed E-state index contributed by atoms with van der Waals surface area (Å²) >= 11 is 3.39. The summed E-state index contributed by atoms with van der Waals surface area (Å²) in [5, 5.41) is 2.87. The molecule has 1 aliphatic rings. The quantitative estimate of drug-likeness (QED) is 0.835. The number of likely N-dealkylation sites (tertiary alicyclic amines) is 1. The van der Waals surface area contributed by atoms with Gasteiger partial charge in [-0.25, -0.2) is 0 Å². The first-order valence-corrected chi connectivity index (χ1v) is 8.32. The molecule has 1 saturated heterocycles. The minimum absolute atomic E-state index is 0.0506. The monoisotopic (exact) mass is 367 g/mol. The number of benzene rings is 1. The molecule has 2 rings (SSSR count). The van der Waals surface area contributed by atoms with Crippen molar-refractivity contribution >= 4 is 27.7 Å². The number of rotatable bonds is 5. The highest BCUT2D eigenvalue weighted by Gasteiger charge is 2.29. The Morgan fingerprint density at radius 2 is 2.09 bits per heavy atom. The predicted molar refractivity (Wildman–Crippen MR) is 89.1 cm³/mol. The number of carbonyl (C=O) groups excluding carboxylic acids is 2. The van der Waals surface area contributed by atoms with E-state index in [1.165, 1.54) is 6.92 Å². The van der Waals surface area contributed by atoms with Crippen LogP contribution in [0.15, 0.2) is 28.7 Å². The second kappa shape index (κ2) is 7.74. The maximum absolute atomic E-state index is 12.6. The summed E-state index contributed by atoms with van der Waals surface area (Å²) in [5.41, 5.74) is 6.66. The topological polar surface area (TPSA) is 75.4 Å². The van der Waals surface area contributed by atoms with Crippen LogP contribution in [0.1, 0.15) is 37.8 Å². The Balaban J connectivity index is 2.10. The number of nitrogens with two attached hydrogens (primary N) is 1. The summed E-state index contributed by atoms with van der Waals surface area (Å²) in [6.45, 7) is 2.72. The summed E-state index contributed by atoms with van der Waals surface area (Å²) in [6.07, 6.45) is 2.22. The zero-order chi connectivity index (χ0) is 16.1. The van der Waals surface area contributed by atoms with Crippen molar-refractivity contribution in [3.05, 3.63) is 34.3 Å². The third kappa shape index (κ3) is 4.30. The fourth-order valence-corrected chi connectivity index (χ4v) is 3.16. The SMILES string of the molecule is CC(=O)N[C@H](CC(=O)N1CCC[C@@H]1CN)c1ccc(Br)cc1. The Bertz CT molecular complexity index is 533. The lowest BCUT2D eigenvalue weighted by Gasteiger charge is -2.26. The maximum atomic E-state index is 12.6. The van der Waals surface area contributed by atoms with E-state index >= 15 is 0 Å². The summed E-state index contributed by atoms with van der Waals surface area (Å²) in [6, 6.07) is 7.48. The Morgan fingerprint density at radius 1 is 1.41 bits per heavy atom. The standard InChI is InChI=1S/C16H22BrN3O2/c1-11(21)19-15(12-4-6-13(17)7-5-12)9-16(22)20-8-2-3-14(20)10-18/h4-7,14-15H,2-3,8-10,18H2,1H3,(H,19,21)/t14-,15-/m1/s1. The van der Waals surface area contributed by atoms with Gasteiger partial charge in [-0.1, -0.05) is 28.1 Å². The lowest BCUT2D eigenvalue weighted by atomic mass is 10.0. The first kappa shape index (κ1) is 17.0. The molecule has 120 valence electrons. The van der Waals surface area contributed by atoms with E-state index in [4.69, 9.17) is 5.73 Å². The molecule has 5 nitrogen and oxygen atoms in total. The van der Waals surface area contributed by atoms with Gasteiger partial charge in [0.05, 0.1) is 12.5 Å². The summed E-state index contributed by atoms with van der Waals surface area (Å²) in [4.78, 5) is 25.9. The normalized spacial score (nSPS) is 19.0. The van der Waals surface area contributed by atoms with Gasteiger partial charge in [0.2, 0.25) is 11.8 Å². The number of hydrogen-bond donors (Lipinski definition) is 2. The van der Waals surface area contributed by atoms with Crippen molar-refractivity contribution in [1.29, 1.82) is 0 Å². The van der Waals surface area contributed by atoms with Gasteiger partial charge in [0.15, 0.2) is 0 Å². The highest BCUT2D eigenvalue weighted by atomic mass is 79.9. The molecular weight excluding hydrogens is 346 g/mol. The second-order valence-corrected chi connectivity index (χ2v) is 6.54. The Kier molecular flexibility index (Phi) is 5.97. The van der Waals surface area contributed by atoms with E-state index in [1.807, 2.05) is 29.2 Å². The fourth-order valence-electron chi connectivity index (χ4n) is 2.89. The zero-order valence-corrected chi connectivity index (χ0v) is 14.3. The molecule has 3 N–H and O–H groups in total. The number of halogens is 1. The third-order valence-corrected chi connectivity index (χ3v) is 4.53. The van der Waals surface area contributed by atoms with E-state index < -0.39 is 0 Å². The summed E-state index contributed by atoms with van der Waals surface area (Å²) in [5.74, 6) is -0.0906. The summed E-state index contributed by atoms with van der Waals surface area (Å²) < 4.78 is 0.965.